The van der Waals surface area contributed by atoms with Crippen LogP contribution in [0.4, 0.5) is 0 Å². The van der Waals surface area contributed by atoms with Gasteiger partial charge in [0.15, 0.2) is 11.7 Å². The lowest BCUT2D eigenvalue weighted by Gasteiger charge is -2.21. The number of benzene rings is 8. The molecular weight excluding hydrogens is 619 g/mol. The Labute approximate surface area is 297 Å². The molecule has 0 bridgehead atoms. The first-order valence-electron chi connectivity index (χ1n) is 17.3. The zero-order chi connectivity index (χ0) is 34.7. The molecule has 0 fully saturated rings. The highest BCUT2D eigenvalue weighted by atomic mass is 14.9. The lowest BCUT2D eigenvalue weighted by Crippen LogP contribution is -2.14. The topological polar surface area (TPSA) is 48.6 Å². The molecule has 0 heterocycles. The van der Waals surface area contributed by atoms with Gasteiger partial charge in [-0.3, -0.25) is 5.41 Å². The fourth-order valence-corrected chi connectivity index (χ4v) is 8.07. The van der Waals surface area contributed by atoms with E-state index in [1.165, 1.54) is 49.5 Å². The Kier molecular flexibility index (Phi) is 7.11. The number of nitrogens with zero attached hydrogens (tertiary/aromatic N) is 2. The number of nitrogens with one attached hydrogen (secondary N) is 1. The van der Waals surface area contributed by atoms with Crippen LogP contribution in [0.3, 0.4) is 0 Å². The molecule has 8 aromatic carbocycles. The highest BCUT2D eigenvalue weighted by Crippen LogP contribution is 2.49. The smallest absolute Gasteiger partial charge is 0.161 e. The Hall–Kier alpha value is -6.45. The van der Waals surface area contributed by atoms with Crippen molar-refractivity contribution in [2.24, 2.45) is 9.98 Å². The van der Waals surface area contributed by atoms with Crippen molar-refractivity contribution in [2.75, 3.05) is 0 Å². The molecule has 0 spiro atoms. The third-order valence-corrected chi connectivity index (χ3v) is 10.7. The zero-order valence-electron chi connectivity index (χ0n) is 28.6. The van der Waals surface area contributed by atoms with Gasteiger partial charge in [0.25, 0.3) is 0 Å². The van der Waals surface area contributed by atoms with E-state index in [0.717, 1.165) is 38.4 Å². The van der Waals surface area contributed by atoms with Crippen LogP contribution in [0.15, 0.2) is 168 Å². The first-order chi connectivity index (χ1) is 24.9. The molecule has 0 aromatic heterocycles. The fraction of sp³-hybridized carbons (Fsp3) is 0.0625. The Morgan fingerprint density at radius 3 is 1.88 bits per heavy atom. The van der Waals surface area contributed by atoms with E-state index in [2.05, 4.69) is 129 Å². The summed E-state index contributed by atoms with van der Waals surface area (Å²) < 4.78 is 0. The van der Waals surface area contributed by atoms with Crippen molar-refractivity contribution in [1.29, 1.82) is 5.41 Å². The molecule has 9 rings (SSSR count). The SMILES string of the molecule is C=NC(=NC(=N)c1ccc(-c2ccccc2)cc1)c1cccc2c3ccccc3c3cc(-c4ccc5c(c4)-c4ccccc4C5(C)C)ccc3c12. The van der Waals surface area contributed by atoms with Gasteiger partial charge in [0.05, 0.1) is 0 Å². The maximum Gasteiger partial charge on any atom is 0.161 e. The first-order valence-corrected chi connectivity index (χ1v) is 17.3. The van der Waals surface area contributed by atoms with Crippen molar-refractivity contribution < 1.29 is 0 Å². The van der Waals surface area contributed by atoms with Gasteiger partial charge in [-0.1, -0.05) is 159 Å². The van der Waals surface area contributed by atoms with Gasteiger partial charge in [0.1, 0.15) is 0 Å². The van der Waals surface area contributed by atoms with Gasteiger partial charge in [0.2, 0.25) is 0 Å². The second-order valence-electron chi connectivity index (χ2n) is 13.9. The highest BCUT2D eigenvalue weighted by molar-refractivity contribution is 6.31. The normalized spacial score (nSPS) is 13.3. The Balaban J connectivity index is 1.18. The summed E-state index contributed by atoms with van der Waals surface area (Å²) in [7, 11) is 0. The quantitative estimate of drug-likeness (QED) is 0.112. The average molecular weight is 654 g/mol. The van der Waals surface area contributed by atoms with E-state index in [1.54, 1.807) is 0 Å². The van der Waals surface area contributed by atoms with E-state index < -0.39 is 0 Å². The van der Waals surface area contributed by atoms with Crippen LogP contribution in [0.2, 0.25) is 0 Å². The Morgan fingerprint density at radius 2 is 1.10 bits per heavy atom. The predicted molar refractivity (Wildman–Crippen MR) is 217 cm³/mol. The maximum atomic E-state index is 8.96. The summed E-state index contributed by atoms with van der Waals surface area (Å²) in [5, 5.41) is 15.8. The number of amidine groups is 2. The zero-order valence-corrected chi connectivity index (χ0v) is 28.6. The molecule has 8 aromatic rings. The number of rotatable bonds is 4. The van der Waals surface area contributed by atoms with Crippen molar-refractivity contribution >= 4 is 50.7 Å². The summed E-state index contributed by atoms with van der Waals surface area (Å²) >= 11 is 0. The molecule has 0 aliphatic heterocycles. The average Bonchev–Trinajstić information content (AvgIpc) is 3.42. The van der Waals surface area contributed by atoms with Crippen LogP contribution in [0.5, 0.6) is 0 Å². The van der Waals surface area contributed by atoms with Crippen molar-refractivity contribution in [1.82, 2.24) is 0 Å². The molecule has 0 unspecified atom stereocenters. The minimum Gasteiger partial charge on any atom is -0.282 e. The minimum atomic E-state index is -0.0280. The monoisotopic (exact) mass is 653 g/mol. The summed E-state index contributed by atoms with van der Waals surface area (Å²) in [5.41, 5.74) is 11.5. The van der Waals surface area contributed by atoms with Crippen LogP contribution in [0, 0.1) is 5.41 Å². The van der Waals surface area contributed by atoms with Crippen LogP contribution in [0.25, 0.3) is 65.7 Å². The number of hydrogen-bond acceptors (Lipinski definition) is 1. The first kappa shape index (κ1) is 30.6. The van der Waals surface area contributed by atoms with Gasteiger partial charge in [0, 0.05) is 21.9 Å². The molecule has 0 atom stereocenters. The summed E-state index contributed by atoms with van der Waals surface area (Å²) in [6, 6.07) is 55.6. The van der Waals surface area contributed by atoms with Gasteiger partial charge in [-0.05, 0) is 90.3 Å². The van der Waals surface area contributed by atoms with Crippen LogP contribution in [-0.4, -0.2) is 18.4 Å². The number of aliphatic imine (C=N–C) groups is 2. The fourth-order valence-electron chi connectivity index (χ4n) is 8.07. The molecule has 0 saturated heterocycles. The summed E-state index contributed by atoms with van der Waals surface area (Å²) in [4.78, 5) is 9.19. The van der Waals surface area contributed by atoms with E-state index in [0.29, 0.717) is 5.84 Å². The van der Waals surface area contributed by atoms with Crippen molar-refractivity contribution in [2.45, 2.75) is 19.3 Å². The molecule has 0 saturated carbocycles. The second kappa shape index (κ2) is 11.9. The van der Waals surface area contributed by atoms with Crippen molar-refractivity contribution in [3.8, 4) is 33.4 Å². The standard InChI is InChI=1S/C48H35N3/c1-48(2)43-19-10-9-16-37(43)42-29-34(25-27-44(42)48)33-24-26-39-41(28-33)36-15-8-7-14-35(36)38-17-11-18-40(45(38)39)47(50-3)51-46(49)32-22-20-31(21-23-32)30-12-5-4-6-13-30/h4-29,49H,3H2,1-2H3. The third-order valence-electron chi connectivity index (χ3n) is 10.7. The summed E-state index contributed by atoms with van der Waals surface area (Å²) in [5.74, 6) is 0.570. The van der Waals surface area contributed by atoms with Crippen LogP contribution in [-0.2, 0) is 5.41 Å². The molecule has 51 heavy (non-hydrogen) atoms. The molecule has 1 N–H and O–H groups in total. The third kappa shape index (κ3) is 4.93. The Bertz CT molecular complexity index is 2730. The lowest BCUT2D eigenvalue weighted by molar-refractivity contribution is 0.660. The maximum absolute atomic E-state index is 8.96. The van der Waals surface area contributed by atoms with Gasteiger partial charge < -0.3 is 0 Å². The van der Waals surface area contributed by atoms with Crippen molar-refractivity contribution in [3.63, 3.8) is 0 Å². The molecule has 0 amide bonds. The molecule has 3 nitrogen and oxygen atoms in total. The van der Waals surface area contributed by atoms with Gasteiger partial charge >= 0.3 is 0 Å². The molecule has 1 aliphatic carbocycles. The van der Waals surface area contributed by atoms with E-state index in [4.69, 9.17) is 10.4 Å². The Morgan fingerprint density at radius 1 is 0.510 bits per heavy atom. The molecule has 0 radical (unpaired) electrons. The molecule has 3 heteroatoms. The molecule has 1 aliphatic rings. The lowest BCUT2D eigenvalue weighted by atomic mass is 9.82. The van der Waals surface area contributed by atoms with Crippen LogP contribution < -0.4 is 0 Å². The second-order valence-corrected chi connectivity index (χ2v) is 13.9. The van der Waals surface area contributed by atoms with E-state index >= 15 is 0 Å². The highest BCUT2D eigenvalue weighted by Gasteiger charge is 2.35. The van der Waals surface area contributed by atoms with E-state index in [-0.39, 0.29) is 11.3 Å². The van der Waals surface area contributed by atoms with Crippen molar-refractivity contribution in [3.05, 3.63) is 180 Å². The van der Waals surface area contributed by atoms with Crippen LogP contribution in [0.1, 0.15) is 36.1 Å². The minimum absolute atomic E-state index is 0.0280. The molecule has 242 valence electrons. The number of fused-ring (bicyclic) bond motifs is 9. The van der Waals surface area contributed by atoms with Gasteiger partial charge in [-0.25, -0.2) is 9.98 Å². The number of hydrogen-bond donors (Lipinski definition) is 1. The molecular formula is C48H35N3. The van der Waals surface area contributed by atoms with Gasteiger partial charge in [-0.2, -0.15) is 0 Å². The van der Waals surface area contributed by atoms with E-state index in [9.17, 15) is 0 Å². The van der Waals surface area contributed by atoms with Gasteiger partial charge in [-0.15, -0.1) is 0 Å². The predicted octanol–water partition coefficient (Wildman–Crippen LogP) is 12.3. The summed E-state index contributed by atoms with van der Waals surface area (Å²) in [6.45, 7) is 8.56. The van der Waals surface area contributed by atoms with Crippen LogP contribution >= 0.6 is 0 Å². The van der Waals surface area contributed by atoms with E-state index in [1.807, 2.05) is 54.6 Å². The largest absolute Gasteiger partial charge is 0.282 e. The summed E-state index contributed by atoms with van der Waals surface area (Å²) in [6.07, 6.45) is 0.